The maximum absolute atomic E-state index is 13.0. The van der Waals surface area contributed by atoms with Gasteiger partial charge in [0.25, 0.3) is 0 Å². The van der Waals surface area contributed by atoms with Crippen molar-refractivity contribution in [2.45, 2.75) is 18.7 Å². The number of sulfone groups is 1. The number of hydrogen-bond donors (Lipinski definition) is 1. The molecule has 0 saturated heterocycles. The van der Waals surface area contributed by atoms with E-state index in [1.165, 1.54) is 19.9 Å². The molecule has 0 radical (unpaired) electrons. The molecule has 1 aromatic carbocycles. The van der Waals surface area contributed by atoms with E-state index >= 15 is 0 Å². The second-order valence-corrected chi connectivity index (χ2v) is 5.97. The average molecular weight is 260 g/mol. The highest BCUT2D eigenvalue weighted by atomic mass is 32.2. The number of carboxylic acids is 1. The molecule has 0 aliphatic carbocycles. The molecule has 0 heterocycles. The summed E-state index contributed by atoms with van der Waals surface area (Å²) in [6.07, 6.45) is 0. The zero-order chi connectivity index (χ0) is 13.2. The van der Waals surface area contributed by atoms with Gasteiger partial charge in [-0.05, 0) is 30.7 Å². The van der Waals surface area contributed by atoms with Gasteiger partial charge in [-0.1, -0.05) is 6.92 Å². The van der Waals surface area contributed by atoms with E-state index in [1.54, 1.807) is 0 Å². The second kappa shape index (κ2) is 4.83. The smallest absolute Gasteiger partial charge is 0.307 e. The first-order valence-corrected chi connectivity index (χ1v) is 6.61. The lowest BCUT2D eigenvalue weighted by Gasteiger charge is -2.08. The van der Waals surface area contributed by atoms with Gasteiger partial charge in [-0.25, -0.2) is 12.8 Å². The van der Waals surface area contributed by atoms with Gasteiger partial charge in [-0.3, -0.25) is 4.79 Å². The highest BCUT2D eigenvalue weighted by Crippen LogP contribution is 2.17. The van der Waals surface area contributed by atoms with Crippen LogP contribution >= 0.6 is 0 Å². The van der Waals surface area contributed by atoms with Crippen LogP contribution in [0.15, 0.2) is 23.1 Å². The van der Waals surface area contributed by atoms with Crippen LogP contribution in [-0.4, -0.2) is 25.2 Å². The fourth-order valence-electron chi connectivity index (χ4n) is 1.31. The molecule has 0 aromatic heterocycles. The SMILES string of the molecule is Cc1cc(S(=O)(=O)CC(C)C(=O)O)ccc1F. The normalized spacial score (nSPS) is 13.4. The second-order valence-electron chi connectivity index (χ2n) is 3.93. The van der Waals surface area contributed by atoms with Gasteiger partial charge < -0.3 is 5.11 Å². The van der Waals surface area contributed by atoms with Gasteiger partial charge in [0.1, 0.15) is 5.82 Å². The standard InChI is InChI=1S/C11H13FO4S/c1-7-5-9(3-4-10(7)12)17(15,16)6-8(2)11(13)14/h3-5,8H,6H2,1-2H3,(H,13,14). The number of rotatable bonds is 4. The maximum Gasteiger partial charge on any atom is 0.307 e. The quantitative estimate of drug-likeness (QED) is 0.835. The van der Waals surface area contributed by atoms with E-state index < -0.39 is 33.3 Å². The molecule has 1 unspecified atom stereocenters. The Morgan fingerprint density at radius 3 is 2.53 bits per heavy atom. The third-order valence-corrected chi connectivity index (χ3v) is 4.29. The molecule has 0 aliphatic heterocycles. The minimum Gasteiger partial charge on any atom is -0.481 e. The minimum atomic E-state index is -3.69. The van der Waals surface area contributed by atoms with Gasteiger partial charge in [-0.2, -0.15) is 0 Å². The Bertz CT molecular complexity index is 536. The fourth-order valence-corrected chi connectivity index (χ4v) is 2.93. The van der Waals surface area contributed by atoms with Crippen LogP contribution in [0.4, 0.5) is 4.39 Å². The van der Waals surface area contributed by atoms with Crippen LogP contribution in [0, 0.1) is 18.7 Å². The van der Waals surface area contributed by atoms with Crippen LogP contribution in [0.5, 0.6) is 0 Å². The summed E-state index contributed by atoms with van der Waals surface area (Å²) in [7, 11) is -3.69. The van der Waals surface area contributed by atoms with Gasteiger partial charge in [-0.15, -0.1) is 0 Å². The molecule has 0 amide bonds. The van der Waals surface area contributed by atoms with Gasteiger partial charge >= 0.3 is 5.97 Å². The number of carbonyl (C=O) groups is 1. The molecular formula is C11H13FO4S. The Hall–Kier alpha value is -1.43. The van der Waals surface area contributed by atoms with E-state index in [0.29, 0.717) is 0 Å². The number of halogens is 1. The van der Waals surface area contributed by atoms with Crippen molar-refractivity contribution in [1.82, 2.24) is 0 Å². The van der Waals surface area contributed by atoms with E-state index in [-0.39, 0.29) is 10.5 Å². The molecule has 94 valence electrons. The highest BCUT2D eigenvalue weighted by Gasteiger charge is 2.23. The van der Waals surface area contributed by atoms with Crippen molar-refractivity contribution in [3.8, 4) is 0 Å². The number of aryl methyl sites for hydroxylation is 1. The summed E-state index contributed by atoms with van der Waals surface area (Å²) in [6, 6.07) is 3.42. The summed E-state index contributed by atoms with van der Waals surface area (Å²) >= 11 is 0. The Morgan fingerprint density at radius 2 is 2.06 bits per heavy atom. The largest absolute Gasteiger partial charge is 0.481 e. The summed E-state index contributed by atoms with van der Waals surface area (Å²) in [5.41, 5.74) is 0.217. The first kappa shape index (κ1) is 13.6. The Morgan fingerprint density at radius 1 is 1.47 bits per heavy atom. The van der Waals surface area contributed by atoms with Crippen molar-refractivity contribution in [2.24, 2.45) is 5.92 Å². The molecule has 0 fully saturated rings. The van der Waals surface area contributed by atoms with Gasteiger partial charge in [0.2, 0.25) is 0 Å². The first-order chi connectivity index (χ1) is 7.74. The van der Waals surface area contributed by atoms with Gasteiger partial charge in [0.15, 0.2) is 9.84 Å². The molecule has 1 N–H and O–H groups in total. The van der Waals surface area contributed by atoms with E-state index in [1.807, 2.05) is 0 Å². The van der Waals surface area contributed by atoms with Crippen LogP contribution in [0.3, 0.4) is 0 Å². The van der Waals surface area contributed by atoms with E-state index in [4.69, 9.17) is 5.11 Å². The lowest BCUT2D eigenvalue weighted by Crippen LogP contribution is -2.21. The fraction of sp³-hybridized carbons (Fsp3) is 0.364. The van der Waals surface area contributed by atoms with Gasteiger partial charge in [0, 0.05) is 0 Å². The molecule has 6 heteroatoms. The number of aliphatic carboxylic acids is 1. The van der Waals surface area contributed by atoms with Crippen molar-refractivity contribution in [1.29, 1.82) is 0 Å². The molecule has 4 nitrogen and oxygen atoms in total. The summed E-state index contributed by atoms with van der Waals surface area (Å²) in [6.45, 7) is 2.77. The molecule has 1 atom stereocenters. The third kappa shape index (κ3) is 3.26. The van der Waals surface area contributed by atoms with Gasteiger partial charge in [0.05, 0.1) is 16.6 Å². The summed E-state index contributed by atoms with van der Waals surface area (Å²) in [5.74, 6) is -3.15. The molecular weight excluding hydrogens is 247 g/mol. The third-order valence-electron chi connectivity index (χ3n) is 2.38. The first-order valence-electron chi connectivity index (χ1n) is 4.96. The zero-order valence-corrected chi connectivity index (χ0v) is 10.3. The van der Waals surface area contributed by atoms with Crippen LogP contribution < -0.4 is 0 Å². The molecule has 0 aliphatic rings. The van der Waals surface area contributed by atoms with Crippen LogP contribution in [0.25, 0.3) is 0 Å². The van der Waals surface area contributed by atoms with E-state index in [0.717, 1.165) is 12.1 Å². The molecule has 0 saturated carbocycles. The maximum atomic E-state index is 13.0. The minimum absolute atomic E-state index is 0.0514. The van der Waals surface area contributed by atoms with Crippen molar-refractivity contribution < 1.29 is 22.7 Å². The summed E-state index contributed by atoms with van der Waals surface area (Å²) < 4.78 is 36.6. The molecule has 17 heavy (non-hydrogen) atoms. The molecule has 0 spiro atoms. The van der Waals surface area contributed by atoms with Crippen LogP contribution in [0.1, 0.15) is 12.5 Å². The monoisotopic (exact) mass is 260 g/mol. The topological polar surface area (TPSA) is 71.4 Å². The Kier molecular flexibility index (Phi) is 3.87. The molecule has 1 rings (SSSR count). The Labute approximate surface area is 99.0 Å². The molecule has 0 bridgehead atoms. The predicted molar refractivity (Wildman–Crippen MR) is 60.0 cm³/mol. The van der Waals surface area contributed by atoms with Crippen molar-refractivity contribution in [3.05, 3.63) is 29.6 Å². The Balaban J connectivity index is 3.05. The van der Waals surface area contributed by atoms with E-state index in [2.05, 4.69) is 0 Å². The van der Waals surface area contributed by atoms with Crippen molar-refractivity contribution in [2.75, 3.05) is 5.75 Å². The summed E-state index contributed by atoms with van der Waals surface area (Å²) in [5, 5.41) is 8.67. The predicted octanol–water partition coefficient (Wildman–Crippen LogP) is 1.63. The zero-order valence-electron chi connectivity index (χ0n) is 9.47. The van der Waals surface area contributed by atoms with Crippen LogP contribution in [0.2, 0.25) is 0 Å². The highest BCUT2D eigenvalue weighted by molar-refractivity contribution is 7.91. The average Bonchev–Trinajstić information content (AvgIpc) is 2.21. The number of hydrogen-bond acceptors (Lipinski definition) is 3. The van der Waals surface area contributed by atoms with Crippen molar-refractivity contribution >= 4 is 15.8 Å². The van der Waals surface area contributed by atoms with E-state index in [9.17, 15) is 17.6 Å². The number of carboxylic acid groups (broad SMARTS) is 1. The van der Waals surface area contributed by atoms with Crippen molar-refractivity contribution in [3.63, 3.8) is 0 Å². The lowest BCUT2D eigenvalue weighted by atomic mass is 10.2. The lowest BCUT2D eigenvalue weighted by molar-refractivity contribution is -0.140. The molecule has 1 aromatic rings. The summed E-state index contributed by atoms with van der Waals surface area (Å²) in [4.78, 5) is 10.6. The van der Waals surface area contributed by atoms with Crippen LogP contribution in [-0.2, 0) is 14.6 Å². The number of benzene rings is 1.